The first-order chi connectivity index (χ1) is 10.2. The molecule has 0 bridgehead atoms. The van der Waals surface area contributed by atoms with E-state index in [1.165, 1.54) is 0 Å². The number of aryl methyl sites for hydroxylation is 1. The fourth-order valence-electron chi connectivity index (χ4n) is 2.20. The first-order valence-electron chi connectivity index (χ1n) is 7.24. The Morgan fingerprint density at radius 3 is 2.62 bits per heavy atom. The van der Waals surface area contributed by atoms with Crippen LogP contribution in [0.15, 0.2) is 42.6 Å². The molecule has 4 heteroatoms. The van der Waals surface area contributed by atoms with Crippen LogP contribution < -0.4 is 10.2 Å². The number of anilines is 2. The molecule has 0 saturated heterocycles. The van der Waals surface area contributed by atoms with E-state index in [1.54, 1.807) is 11.1 Å². The van der Waals surface area contributed by atoms with Crippen molar-refractivity contribution in [1.82, 2.24) is 4.98 Å². The Bertz CT molecular complexity index is 608. The molecule has 1 aromatic heterocycles. The maximum Gasteiger partial charge on any atom is 0.259 e. The van der Waals surface area contributed by atoms with Crippen LogP contribution in [0.3, 0.4) is 0 Å². The Morgan fingerprint density at radius 2 is 2.05 bits per heavy atom. The van der Waals surface area contributed by atoms with Crippen LogP contribution in [-0.4, -0.2) is 24.0 Å². The third-order valence-corrected chi connectivity index (χ3v) is 3.24. The summed E-state index contributed by atoms with van der Waals surface area (Å²) in [6, 6.07) is 11.6. The maximum absolute atomic E-state index is 12.6. The van der Waals surface area contributed by atoms with Crippen molar-refractivity contribution in [3.8, 4) is 0 Å². The van der Waals surface area contributed by atoms with E-state index in [-0.39, 0.29) is 5.91 Å². The zero-order chi connectivity index (χ0) is 15.2. The van der Waals surface area contributed by atoms with Crippen LogP contribution in [0.1, 0.15) is 29.8 Å². The molecule has 0 radical (unpaired) electrons. The lowest BCUT2D eigenvalue weighted by Crippen LogP contribution is -2.30. The minimum absolute atomic E-state index is 0.0290. The molecular formula is C17H21N3O. The number of nitrogens with one attached hydrogen (secondary N) is 1. The van der Waals surface area contributed by atoms with Gasteiger partial charge in [0.15, 0.2) is 0 Å². The molecule has 1 heterocycles. The lowest BCUT2D eigenvalue weighted by atomic mass is 10.2. The highest BCUT2D eigenvalue weighted by Crippen LogP contribution is 2.18. The van der Waals surface area contributed by atoms with Crippen LogP contribution in [0.2, 0.25) is 0 Å². The monoisotopic (exact) mass is 283 g/mol. The highest BCUT2D eigenvalue weighted by atomic mass is 16.2. The minimum atomic E-state index is -0.0290. The summed E-state index contributed by atoms with van der Waals surface area (Å²) >= 11 is 0. The second-order valence-electron chi connectivity index (χ2n) is 4.85. The van der Waals surface area contributed by atoms with Crippen molar-refractivity contribution < 1.29 is 4.79 Å². The minimum Gasteiger partial charge on any atom is -0.370 e. The second-order valence-corrected chi connectivity index (χ2v) is 4.85. The Labute approximate surface area is 125 Å². The van der Waals surface area contributed by atoms with Gasteiger partial charge >= 0.3 is 0 Å². The van der Waals surface area contributed by atoms with E-state index in [1.807, 2.05) is 57.2 Å². The fourth-order valence-corrected chi connectivity index (χ4v) is 2.20. The van der Waals surface area contributed by atoms with Crippen molar-refractivity contribution in [3.63, 3.8) is 0 Å². The van der Waals surface area contributed by atoms with E-state index in [0.717, 1.165) is 23.6 Å². The highest BCUT2D eigenvalue weighted by Gasteiger charge is 2.16. The fraction of sp³-hybridized carbons (Fsp3) is 0.294. The predicted octanol–water partition coefficient (Wildman–Crippen LogP) is 3.49. The van der Waals surface area contributed by atoms with Crippen LogP contribution in [0, 0.1) is 6.92 Å². The molecule has 0 fully saturated rings. The topological polar surface area (TPSA) is 45.2 Å². The Balaban J connectivity index is 2.23. The first kappa shape index (κ1) is 15.0. The quantitative estimate of drug-likeness (QED) is 0.913. The number of aromatic nitrogens is 1. The van der Waals surface area contributed by atoms with E-state index < -0.39 is 0 Å². The SMILES string of the molecule is CCNc1ccc(C(=O)N(CC)c2cccc(C)c2)cn1. The van der Waals surface area contributed by atoms with Gasteiger partial charge in [-0.2, -0.15) is 0 Å². The molecule has 0 unspecified atom stereocenters. The average Bonchev–Trinajstić information content (AvgIpc) is 2.49. The van der Waals surface area contributed by atoms with Gasteiger partial charge in [0.1, 0.15) is 5.82 Å². The molecule has 4 nitrogen and oxygen atoms in total. The summed E-state index contributed by atoms with van der Waals surface area (Å²) < 4.78 is 0. The van der Waals surface area contributed by atoms with E-state index in [0.29, 0.717) is 12.1 Å². The Hall–Kier alpha value is -2.36. The lowest BCUT2D eigenvalue weighted by molar-refractivity contribution is 0.0988. The molecule has 2 aromatic rings. The Morgan fingerprint density at radius 1 is 1.24 bits per heavy atom. The number of rotatable bonds is 5. The molecule has 110 valence electrons. The van der Waals surface area contributed by atoms with Crippen molar-refractivity contribution in [1.29, 1.82) is 0 Å². The van der Waals surface area contributed by atoms with Gasteiger partial charge in [-0.05, 0) is 50.6 Å². The molecule has 0 aliphatic carbocycles. The first-order valence-corrected chi connectivity index (χ1v) is 7.24. The summed E-state index contributed by atoms with van der Waals surface area (Å²) in [6.45, 7) is 7.44. The van der Waals surface area contributed by atoms with Gasteiger partial charge in [-0.15, -0.1) is 0 Å². The van der Waals surface area contributed by atoms with Gasteiger partial charge in [-0.1, -0.05) is 12.1 Å². The molecule has 21 heavy (non-hydrogen) atoms. The van der Waals surface area contributed by atoms with E-state index in [2.05, 4.69) is 10.3 Å². The third-order valence-electron chi connectivity index (χ3n) is 3.24. The number of carbonyl (C=O) groups is 1. The van der Waals surface area contributed by atoms with Crippen molar-refractivity contribution in [3.05, 3.63) is 53.7 Å². The van der Waals surface area contributed by atoms with Crippen LogP contribution in [-0.2, 0) is 0 Å². The van der Waals surface area contributed by atoms with Crippen LogP contribution >= 0.6 is 0 Å². The van der Waals surface area contributed by atoms with E-state index >= 15 is 0 Å². The van der Waals surface area contributed by atoms with Crippen LogP contribution in [0.25, 0.3) is 0 Å². The highest BCUT2D eigenvalue weighted by molar-refractivity contribution is 6.06. The molecule has 0 atom stereocenters. The number of pyridine rings is 1. The number of hydrogen-bond acceptors (Lipinski definition) is 3. The summed E-state index contributed by atoms with van der Waals surface area (Å²) in [6.07, 6.45) is 1.62. The van der Waals surface area contributed by atoms with Gasteiger partial charge in [0.25, 0.3) is 5.91 Å². The lowest BCUT2D eigenvalue weighted by Gasteiger charge is -2.21. The molecule has 1 N–H and O–H groups in total. The third kappa shape index (κ3) is 3.60. The van der Waals surface area contributed by atoms with E-state index in [4.69, 9.17) is 0 Å². The molecule has 0 saturated carbocycles. The molecule has 1 aromatic carbocycles. The number of carbonyl (C=O) groups excluding carboxylic acids is 1. The van der Waals surface area contributed by atoms with Crippen molar-refractivity contribution >= 4 is 17.4 Å². The molecule has 2 rings (SSSR count). The van der Waals surface area contributed by atoms with Gasteiger partial charge < -0.3 is 10.2 Å². The zero-order valence-electron chi connectivity index (χ0n) is 12.8. The molecule has 1 amide bonds. The summed E-state index contributed by atoms with van der Waals surface area (Å²) in [7, 11) is 0. The summed E-state index contributed by atoms with van der Waals surface area (Å²) in [5.41, 5.74) is 2.65. The average molecular weight is 283 g/mol. The summed E-state index contributed by atoms with van der Waals surface area (Å²) in [4.78, 5) is 18.6. The van der Waals surface area contributed by atoms with Crippen molar-refractivity contribution in [2.45, 2.75) is 20.8 Å². The molecule has 0 aliphatic heterocycles. The molecule has 0 aliphatic rings. The summed E-state index contributed by atoms with van der Waals surface area (Å²) in [5.74, 6) is 0.756. The Kier molecular flexibility index (Phi) is 4.93. The van der Waals surface area contributed by atoms with Gasteiger partial charge in [-0.3, -0.25) is 4.79 Å². The van der Waals surface area contributed by atoms with E-state index in [9.17, 15) is 4.79 Å². The second kappa shape index (κ2) is 6.88. The van der Waals surface area contributed by atoms with Crippen LogP contribution in [0.5, 0.6) is 0 Å². The van der Waals surface area contributed by atoms with Gasteiger partial charge in [0, 0.05) is 25.0 Å². The smallest absolute Gasteiger partial charge is 0.259 e. The normalized spacial score (nSPS) is 10.2. The molecule has 0 spiro atoms. The van der Waals surface area contributed by atoms with Gasteiger partial charge in [0.2, 0.25) is 0 Å². The van der Waals surface area contributed by atoms with Crippen molar-refractivity contribution in [2.24, 2.45) is 0 Å². The number of benzene rings is 1. The largest absolute Gasteiger partial charge is 0.370 e. The summed E-state index contributed by atoms with van der Waals surface area (Å²) in [5, 5.41) is 3.12. The predicted molar refractivity (Wildman–Crippen MR) is 86.9 cm³/mol. The number of nitrogens with zero attached hydrogens (tertiary/aromatic N) is 2. The van der Waals surface area contributed by atoms with Crippen molar-refractivity contribution in [2.75, 3.05) is 23.3 Å². The maximum atomic E-state index is 12.6. The van der Waals surface area contributed by atoms with Gasteiger partial charge in [-0.25, -0.2) is 4.98 Å². The zero-order valence-corrected chi connectivity index (χ0v) is 12.8. The van der Waals surface area contributed by atoms with Crippen LogP contribution in [0.4, 0.5) is 11.5 Å². The van der Waals surface area contributed by atoms with Gasteiger partial charge in [0.05, 0.1) is 5.56 Å². The number of amides is 1. The standard InChI is InChI=1S/C17H21N3O/c1-4-18-16-10-9-14(12-19-16)17(21)20(5-2)15-8-6-7-13(3)11-15/h6-12H,4-5H2,1-3H3,(H,18,19). The number of hydrogen-bond donors (Lipinski definition) is 1. The molecular weight excluding hydrogens is 262 g/mol.